The molecule has 1 fully saturated rings. The molecule has 0 aliphatic carbocycles. The third-order valence-corrected chi connectivity index (χ3v) is 3.92. The van der Waals surface area contributed by atoms with Gasteiger partial charge >= 0.3 is 0 Å². The molecule has 3 rings (SSSR count). The number of carbonyl (C=O) groups excluding carboxylic acids is 1. The summed E-state index contributed by atoms with van der Waals surface area (Å²) in [5, 5.41) is 2.77. The second-order valence-electron chi connectivity index (χ2n) is 5.77. The number of hydrogen-bond donors (Lipinski definition) is 1. The van der Waals surface area contributed by atoms with Crippen LogP contribution in [0.1, 0.15) is 24.2 Å². The number of amides is 1. The molecule has 1 saturated heterocycles. The van der Waals surface area contributed by atoms with Gasteiger partial charge in [-0.2, -0.15) is 0 Å². The summed E-state index contributed by atoms with van der Waals surface area (Å²) in [5.74, 6) is 1.07. The zero-order chi connectivity index (χ0) is 16.2. The fourth-order valence-electron chi connectivity index (χ4n) is 2.77. The Labute approximate surface area is 135 Å². The lowest BCUT2D eigenvalue weighted by Gasteiger charge is -2.31. The van der Waals surface area contributed by atoms with Crippen molar-refractivity contribution in [1.29, 1.82) is 0 Å². The number of rotatable bonds is 3. The molecular formula is C16H20N6O. The minimum absolute atomic E-state index is 0.0165. The van der Waals surface area contributed by atoms with Gasteiger partial charge in [0.05, 0.1) is 0 Å². The average molecular weight is 312 g/mol. The third-order valence-electron chi connectivity index (χ3n) is 3.92. The van der Waals surface area contributed by atoms with Gasteiger partial charge in [-0.25, -0.2) is 19.9 Å². The number of aromatic nitrogens is 4. The van der Waals surface area contributed by atoms with Gasteiger partial charge in [0.2, 0.25) is 17.8 Å². The smallest absolute Gasteiger partial charge is 0.229 e. The summed E-state index contributed by atoms with van der Waals surface area (Å²) >= 11 is 0. The molecule has 120 valence electrons. The fourth-order valence-corrected chi connectivity index (χ4v) is 2.77. The molecule has 2 aromatic rings. The zero-order valence-electron chi connectivity index (χ0n) is 13.4. The van der Waals surface area contributed by atoms with Crippen molar-refractivity contribution in [3.05, 3.63) is 35.9 Å². The van der Waals surface area contributed by atoms with E-state index >= 15 is 0 Å². The van der Waals surface area contributed by atoms with Crippen LogP contribution < -0.4 is 10.2 Å². The standard InChI is InChI=1S/C16H20N6O/c1-11-10-12(2)20-16(19-11)22-8-4-13(5-9-22)14(23)21-15-17-6-3-7-18-15/h3,6-7,10,13H,4-5,8-9H2,1-2H3,(H,17,18,21,23). The molecule has 7 heteroatoms. The van der Waals surface area contributed by atoms with Gasteiger partial charge in [-0.1, -0.05) is 0 Å². The summed E-state index contributed by atoms with van der Waals surface area (Å²) in [6.45, 7) is 5.49. The first-order valence-corrected chi connectivity index (χ1v) is 7.77. The molecule has 1 N–H and O–H groups in total. The highest BCUT2D eigenvalue weighted by Gasteiger charge is 2.26. The maximum absolute atomic E-state index is 12.3. The van der Waals surface area contributed by atoms with Crippen LogP contribution in [0.15, 0.2) is 24.5 Å². The largest absolute Gasteiger partial charge is 0.341 e. The van der Waals surface area contributed by atoms with Crippen molar-refractivity contribution < 1.29 is 4.79 Å². The lowest BCUT2D eigenvalue weighted by molar-refractivity contribution is -0.120. The highest BCUT2D eigenvalue weighted by Crippen LogP contribution is 2.22. The number of aryl methyl sites for hydroxylation is 2. The van der Waals surface area contributed by atoms with E-state index in [1.807, 2.05) is 19.9 Å². The van der Waals surface area contributed by atoms with E-state index in [1.54, 1.807) is 18.5 Å². The number of piperidine rings is 1. The highest BCUT2D eigenvalue weighted by molar-refractivity contribution is 5.91. The fraction of sp³-hybridized carbons (Fsp3) is 0.438. The van der Waals surface area contributed by atoms with Gasteiger partial charge in [0.1, 0.15) is 0 Å². The third kappa shape index (κ3) is 3.80. The summed E-state index contributed by atoms with van der Waals surface area (Å²) in [4.78, 5) is 31.4. The number of hydrogen-bond acceptors (Lipinski definition) is 6. The predicted molar refractivity (Wildman–Crippen MR) is 87.1 cm³/mol. The van der Waals surface area contributed by atoms with Crippen molar-refractivity contribution in [2.45, 2.75) is 26.7 Å². The van der Waals surface area contributed by atoms with E-state index < -0.39 is 0 Å². The average Bonchev–Trinajstić information content (AvgIpc) is 2.55. The normalized spacial score (nSPS) is 15.5. The van der Waals surface area contributed by atoms with Crippen molar-refractivity contribution in [3.63, 3.8) is 0 Å². The molecular weight excluding hydrogens is 292 g/mol. The molecule has 0 atom stereocenters. The number of nitrogens with one attached hydrogen (secondary N) is 1. The maximum Gasteiger partial charge on any atom is 0.229 e. The van der Waals surface area contributed by atoms with Gasteiger partial charge in [0.25, 0.3) is 0 Å². The number of nitrogens with zero attached hydrogens (tertiary/aromatic N) is 5. The lowest BCUT2D eigenvalue weighted by atomic mass is 9.96. The number of carbonyl (C=O) groups is 1. The van der Waals surface area contributed by atoms with Gasteiger partial charge in [0.15, 0.2) is 0 Å². The second kappa shape index (κ2) is 6.68. The number of anilines is 2. The van der Waals surface area contributed by atoms with Crippen molar-refractivity contribution in [1.82, 2.24) is 19.9 Å². The van der Waals surface area contributed by atoms with Gasteiger partial charge in [-0.15, -0.1) is 0 Å². The van der Waals surface area contributed by atoms with E-state index in [0.717, 1.165) is 43.3 Å². The zero-order valence-corrected chi connectivity index (χ0v) is 13.4. The van der Waals surface area contributed by atoms with Crippen LogP contribution in [-0.4, -0.2) is 38.9 Å². The first-order valence-electron chi connectivity index (χ1n) is 7.77. The summed E-state index contributed by atoms with van der Waals surface area (Å²) in [6, 6.07) is 3.68. The lowest BCUT2D eigenvalue weighted by Crippen LogP contribution is -2.39. The predicted octanol–water partition coefficient (Wildman–Crippen LogP) is 1.74. The first kappa shape index (κ1) is 15.3. The van der Waals surface area contributed by atoms with Crippen molar-refractivity contribution in [2.75, 3.05) is 23.3 Å². The van der Waals surface area contributed by atoms with Crippen LogP contribution >= 0.6 is 0 Å². The molecule has 0 radical (unpaired) electrons. The van der Waals surface area contributed by atoms with Crippen LogP contribution in [0.4, 0.5) is 11.9 Å². The summed E-state index contributed by atoms with van der Waals surface area (Å²) in [6.07, 6.45) is 4.77. The molecule has 1 aliphatic heterocycles. The molecule has 7 nitrogen and oxygen atoms in total. The molecule has 23 heavy (non-hydrogen) atoms. The minimum atomic E-state index is -0.0269. The molecule has 0 aromatic carbocycles. The van der Waals surface area contributed by atoms with Gasteiger partial charge in [-0.3, -0.25) is 10.1 Å². The molecule has 2 aromatic heterocycles. The Hall–Kier alpha value is -2.57. The first-order chi connectivity index (χ1) is 11.1. The SMILES string of the molecule is Cc1cc(C)nc(N2CCC(C(=O)Nc3ncccn3)CC2)n1. The Kier molecular flexibility index (Phi) is 4.45. The minimum Gasteiger partial charge on any atom is -0.341 e. The molecule has 0 spiro atoms. The maximum atomic E-state index is 12.3. The van der Waals surface area contributed by atoms with Crippen molar-refractivity contribution >= 4 is 17.8 Å². The Balaban J connectivity index is 1.58. The Bertz CT molecular complexity index is 662. The molecule has 1 amide bonds. The Morgan fingerprint density at radius 3 is 2.35 bits per heavy atom. The van der Waals surface area contributed by atoms with Crippen LogP contribution in [-0.2, 0) is 4.79 Å². The summed E-state index contributed by atoms with van der Waals surface area (Å²) in [7, 11) is 0. The van der Waals surface area contributed by atoms with Gasteiger partial charge in [-0.05, 0) is 38.8 Å². The Morgan fingerprint density at radius 2 is 1.74 bits per heavy atom. The molecule has 3 heterocycles. The van der Waals surface area contributed by atoms with E-state index in [4.69, 9.17) is 0 Å². The van der Waals surface area contributed by atoms with E-state index in [9.17, 15) is 4.79 Å². The molecule has 0 saturated carbocycles. The summed E-state index contributed by atoms with van der Waals surface area (Å²) < 4.78 is 0. The van der Waals surface area contributed by atoms with Gasteiger partial charge in [0, 0.05) is 42.8 Å². The van der Waals surface area contributed by atoms with Crippen molar-refractivity contribution in [3.8, 4) is 0 Å². The van der Waals surface area contributed by atoms with Crippen LogP contribution in [0.2, 0.25) is 0 Å². The molecule has 0 bridgehead atoms. The topological polar surface area (TPSA) is 83.9 Å². The van der Waals surface area contributed by atoms with Crippen LogP contribution in [0.5, 0.6) is 0 Å². The van der Waals surface area contributed by atoms with E-state index in [-0.39, 0.29) is 11.8 Å². The van der Waals surface area contributed by atoms with Gasteiger partial charge < -0.3 is 4.90 Å². The monoisotopic (exact) mass is 312 g/mol. The highest BCUT2D eigenvalue weighted by atomic mass is 16.2. The summed E-state index contributed by atoms with van der Waals surface area (Å²) in [5.41, 5.74) is 1.93. The van der Waals surface area contributed by atoms with Crippen LogP contribution in [0, 0.1) is 19.8 Å². The van der Waals surface area contributed by atoms with E-state index in [2.05, 4.69) is 30.2 Å². The van der Waals surface area contributed by atoms with Crippen LogP contribution in [0.3, 0.4) is 0 Å². The molecule has 1 aliphatic rings. The van der Waals surface area contributed by atoms with Crippen molar-refractivity contribution in [2.24, 2.45) is 5.92 Å². The van der Waals surface area contributed by atoms with Crippen LogP contribution in [0.25, 0.3) is 0 Å². The van der Waals surface area contributed by atoms with E-state index in [1.165, 1.54) is 0 Å². The Morgan fingerprint density at radius 1 is 1.13 bits per heavy atom. The molecule has 0 unspecified atom stereocenters. The van der Waals surface area contributed by atoms with E-state index in [0.29, 0.717) is 5.95 Å². The second-order valence-corrected chi connectivity index (χ2v) is 5.77. The quantitative estimate of drug-likeness (QED) is 0.929.